The molecule has 2 aliphatic rings. The van der Waals surface area contributed by atoms with Crippen LogP contribution >= 0.6 is 0 Å². The summed E-state index contributed by atoms with van der Waals surface area (Å²) in [5.74, 6) is 0.0865. The molecule has 3 heterocycles. The third-order valence-corrected chi connectivity index (χ3v) is 5.11. The lowest BCUT2D eigenvalue weighted by atomic mass is 9.96. The minimum atomic E-state index is -1.21. The molecule has 0 amide bonds. The van der Waals surface area contributed by atoms with E-state index in [0.717, 1.165) is 30.4 Å². The summed E-state index contributed by atoms with van der Waals surface area (Å²) in [5, 5.41) is 9.18. The molecule has 7 nitrogen and oxygen atoms in total. The van der Waals surface area contributed by atoms with Gasteiger partial charge in [0, 0.05) is 37.2 Å². The van der Waals surface area contributed by atoms with Gasteiger partial charge in [-0.3, -0.25) is 4.79 Å². The van der Waals surface area contributed by atoms with Gasteiger partial charge in [0.2, 0.25) is 0 Å². The van der Waals surface area contributed by atoms with Crippen LogP contribution in [0.25, 0.3) is 11.3 Å². The van der Waals surface area contributed by atoms with Gasteiger partial charge in [0.15, 0.2) is 16.9 Å². The number of fused-ring (bicyclic) bond motifs is 3. The van der Waals surface area contributed by atoms with Crippen LogP contribution in [0.3, 0.4) is 0 Å². The fraction of sp³-hybridized carbons (Fsp3) is 0.400. The minimum Gasteiger partial charge on any atom is -0.493 e. The van der Waals surface area contributed by atoms with Gasteiger partial charge >= 0.3 is 5.97 Å². The number of ether oxygens (including phenoxy) is 3. The lowest BCUT2D eigenvalue weighted by Gasteiger charge is -2.27. The summed E-state index contributed by atoms with van der Waals surface area (Å²) in [6.07, 6.45) is 3.93. The number of carboxylic acids is 1. The molecule has 1 saturated heterocycles. The number of carboxylic acid groups (broad SMARTS) is 1. The van der Waals surface area contributed by atoms with E-state index in [1.807, 2.05) is 16.7 Å². The molecule has 0 spiro atoms. The Bertz CT molecular complexity index is 942. The Morgan fingerprint density at radius 1 is 1.22 bits per heavy atom. The summed E-state index contributed by atoms with van der Waals surface area (Å²) in [7, 11) is 1.59. The maximum absolute atomic E-state index is 12.2. The Hall–Kier alpha value is -2.80. The second kappa shape index (κ2) is 7.08. The van der Waals surface area contributed by atoms with E-state index in [1.54, 1.807) is 7.11 Å². The van der Waals surface area contributed by atoms with Crippen LogP contribution in [0.5, 0.6) is 11.5 Å². The van der Waals surface area contributed by atoms with E-state index in [0.29, 0.717) is 37.0 Å². The highest BCUT2D eigenvalue weighted by Gasteiger charge is 2.23. The Kier molecular flexibility index (Phi) is 4.61. The van der Waals surface area contributed by atoms with Crippen molar-refractivity contribution >= 4 is 5.97 Å². The average molecular weight is 371 g/mol. The van der Waals surface area contributed by atoms with Crippen LogP contribution in [0.2, 0.25) is 0 Å². The van der Waals surface area contributed by atoms with E-state index in [-0.39, 0.29) is 11.7 Å². The fourth-order valence-corrected chi connectivity index (χ4v) is 3.67. The molecule has 0 saturated carbocycles. The predicted octanol–water partition coefficient (Wildman–Crippen LogP) is 2.34. The van der Waals surface area contributed by atoms with Crippen molar-refractivity contribution in [1.29, 1.82) is 0 Å². The quantitative estimate of drug-likeness (QED) is 0.888. The van der Waals surface area contributed by atoms with Gasteiger partial charge in [-0.2, -0.15) is 0 Å². The van der Waals surface area contributed by atoms with E-state index in [9.17, 15) is 14.7 Å². The van der Waals surface area contributed by atoms with E-state index in [1.165, 1.54) is 12.3 Å². The molecule has 0 bridgehead atoms. The van der Waals surface area contributed by atoms with Crippen LogP contribution < -0.4 is 14.9 Å². The second-order valence-corrected chi connectivity index (χ2v) is 6.77. The number of benzene rings is 1. The molecule has 0 aliphatic carbocycles. The second-order valence-electron chi connectivity index (χ2n) is 6.77. The smallest absolute Gasteiger partial charge is 0.341 e. The normalized spacial score (nSPS) is 16.3. The van der Waals surface area contributed by atoms with E-state index in [2.05, 4.69) is 0 Å². The first-order valence-corrected chi connectivity index (χ1v) is 9.00. The van der Waals surface area contributed by atoms with Gasteiger partial charge in [0.05, 0.1) is 26.0 Å². The molecule has 0 radical (unpaired) electrons. The first-order valence-electron chi connectivity index (χ1n) is 9.00. The topological polar surface area (TPSA) is 87.0 Å². The van der Waals surface area contributed by atoms with E-state index >= 15 is 0 Å². The lowest BCUT2D eigenvalue weighted by Crippen LogP contribution is -2.26. The van der Waals surface area contributed by atoms with Crippen LogP contribution in [0, 0.1) is 0 Å². The Labute approximate surface area is 156 Å². The third kappa shape index (κ3) is 3.30. The number of rotatable bonds is 4. The minimum absolute atomic E-state index is 0.0994. The molecular weight excluding hydrogens is 350 g/mol. The number of hydrogen-bond acceptors (Lipinski definition) is 5. The molecule has 7 heteroatoms. The predicted molar refractivity (Wildman–Crippen MR) is 97.8 cm³/mol. The molecule has 0 atom stereocenters. The number of carbonyl (C=O) groups is 1. The molecule has 1 aromatic heterocycles. The van der Waals surface area contributed by atoms with Gasteiger partial charge in [-0.25, -0.2) is 4.79 Å². The van der Waals surface area contributed by atoms with E-state index < -0.39 is 11.4 Å². The molecule has 142 valence electrons. The van der Waals surface area contributed by atoms with Crippen LogP contribution in [0.4, 0.5) is 0 Å². The zero-order chi connectivity index (χ0) is 19.0. The maximum Gasteiger partial charge on any atom is 0.341 e. The van der Waals surface area contributed by atoms with Crippen molar-refractivity contribution in [2.75, 3.05) is 20.3 Å². The van der Waals surface area contributed by atoms with Crippen LogP contribution in [-0.2, 0) is 17.7 Å². The number of aryl methyl sites for hydroxylation is 2. The molecular formula is C20H21NO6. The summed E-state index contributed by atoms with van der Waals surface area (Å²) in [6.45, 7) is 1.99. The Balaban J connectivity index is 1.74. The van der Waals surface area contributed by atoms with Crippen molar-refractivity contribution in [3.63, 3.8) is 0 Å². The largest absolute Gasteiger partial charge is 0.493 e. The molecule has 27 heavy (non-hydrogen) atoms. The zero-order valence-corrected chi connectivity index (χ0v) is 15.1. The highest BCUT2D eigenvalue weighted by molar-refractivity contribution is 5.87. The number of aromatic carboxylic acids is 1. The molecule has 4 rings (SSSR count). The maximum atomic E-state index is 12.2. The SMILES string of the molecule is COc1cc2c(cc1OC1CCOCC1)CCn1cc(C(=O)O)c(=O)cc1-2. The highest BCUT2D eigenvalue weighted by atomic mass is 16.5. The summed E-state index contributed by atoms with van der Waals surface area (Å²) in [6, 6.07) is 5.23. The van der Waals surface area contributed by atoms with Gasteiger partial charge < -0.3 is 23.9 Å². The van der Waals surface area contributed by atoms with Crippen LogP contribution in [0.1, 0.15) is 28.8 Å². The first kappa shape index (κ1) is 17.6. The van der Waals surface area contributed by atoms with Crippen LogP contribution in [0.15, 0.2) is 29.2 Å². The van der Waals surface area contributed by atoms with E-state index in [4.69, 9.17) is 14.2 Å². The molecule has 0 unspecified atom stereocenters. The Morgan fingerprint density at radius 3 is 2.70 bits per heavy atom. The van der Waals surface area contributed by atoms with Gasteiger partial charge in [0.1, 0.15) is 11.7 Å². The fourth-order valence-electron chi connectivity index (χ4n) is 3.67. The van der Waals surface area contributed by atoms with Crippen molar-refractivity contribution in [2.45, 2.75) is 31.9 Å². The number of hydrogen-bond donors (Lipinski definition) is 1. The first-order chi connectivity index (χ1) is 13.1. The van der Waals surface area contributed by atoms with Crippen molar-refractivity contribution in [3.8, 4) is 22.8 Å². The highest BCUT2D eigenvalue weighted by Crippen LogP contribution is 2.39. The van der Waals surface area contributed by atoms with Gasteiger partial charge in [-0.05, 0) is 24.1 Å². The molecule has 1 N–H and O–H groups in total. The number of aromatic nitrogens is 1. The molecule has 1 fully saturated rings. The molecule has 2 aliphatic heterocycles. The van der Waals surface area contributed by atoms with Crippen molar-refractivity contribution in [1.82, 2.24) is 4.57 Å². The number of nitrogens with zero attached hydrogens (tertiary/aromatic N) is 1. The van der Waals surface area contributed by atoms with Crippen molar-refractivity contribution in [3.05, 3.63) is 45.7 Å². The zero-order valence-electron chi connectivity index (χ0n) is 15.1. The van der Waals surface area contributed by atoms with Gasteiger partial charge in [-0.15, -0.1) is 0 Å². The van der Waals surface area contributed by atoms with Crippen LogP contribution in [-0.4, -0.2) is 42.1 Å². The monoisotopic (exact) mass is 371 g/mol. The summed E-state index contributed by atoms with van der Waals surface area (Å²) >= 11 is 0. The standard InChI is InChI=1S/C20H21NO6/c1-25-18-9-14-12(8-19(18)27-13-3-6-26-7-4-13)2-5-21-11-15(20(23)24)17(22)10-16(14)21/h8-11,13H,2-7H2,1H3,(H,23,24). The molecule has 1 aromatic carbocycles. The van der Waals surface area contributed by atoms with Gasteiger partial charge in [-0.1, -0.05) is 0 Å². The summed E-state index contributed by atoms with van der Waals surface area (Å²) < 4.78 is 18.9. The third-order valence-electron chi connectivity index (χ3n) is 5.11. The Morgan fingerprint density at radius 2 is 2.00 bits per heavy atom. The van der Waals surface area contributed by atoms with Gasteiger partial charge in [0.25, 0.3) is 0 Å². The summed E-state index contributed by atoms with van der Waals surface area (Å²) in [5.41, 5.74) is 1.91. The lowest BCUT2D eigenvalue weighted by molar-refractivity contribution is 0.0245. The summed E-state index contributed by atoms with van der Waals surface area (Å²) in [4.78, 5) is 23.4. The molecule has 2 aromatic rings. The average Bonchev–Trinajstić information content (AvgIpc) is 2.67. The number of methoxy groups -OCH3 is 1. The van der Waals surface area contributed by atoms with Crippen molar-refractivity contribution in [2.24, 2.45) is 0 Å². The van der Waals surface area contributed by atoms with Crippen molar-refractivity contribution < 1.29 is 24.1 Å². The number of pyridine rings is 1.